The Morgan fingerprint density at radius 2 is 2.04 bits per heavy atom. The van der Waals surface area contributed by atoms with Crippen LogP contribution in [0.15, 0.2) is 35.4 Å². The number of phenols is 1. The topological polar surface area (TPSA) is 79.5 Å². The smallest absolute Gasteiger partial charge is 0.271 e. The number of hydrogen-bond donors (Lipinski definition) is 2. The van der Waals surface area contributed by atoms with E-state index < -0.39 is 0 Å². The highest BCUT2D eigenvalue weighted by molar-refractivity contribution is 6.36. The molecule has 2 aromatic carbocycles. The number of aryl methyl sites for hydroxylation is 2. The molecule has 1 heterocycles. The molecule has 0 aliphatic carbocycles. The Kier molecular flexibility index (Phi) is 5.39. The van der Waals surface area contributed by atoms with Gasteiger partial charge in [0.1, 0.15) is 11.6 Å². The van der Waals surface area contributed by atoms with E-state index in [0.29, 0.717) is 21.9 Å². The number of hydrogen-bond acceptors (Lipinski definition) is 4. The Bertz CT molecular complexity index is 1070. The van der Waals surface area contributed by atoms with Crippen LogP contribution < -0.4 is 5.43 Å². The van der Waals surface area contributed by atoms with Gasteiger partial charge in [0.15, 0.2) is 0 Å². The van der Waals surface area contributed by atoms with Gasteiger partial charge in [-0.05, 0) is 51.1 Å². The lowest BCUT2D eigenvalue weighted by Gasteiger charge is -2.07. The third kappa shape index (κ3) is 3.77. The minimum absolute atomic E-state index is 0.116. The van der Waals surface area contributed by atoms with Gasteiger partial charge in [-0.25, -0.2) is 10.4 Å². The minimum atomic E-state index is -0.382. The minimum Gasteiger partial charge on any atom is -0.506 e. The van der Waals surface area contributed by atoms with Crippen LogP contribution in [-0.2, 0) is 6.54 Å². The summed E-state index contributed by atoms with van der Waals surface area (Å²) in [5.41, 5.74) is 5.37. The van der Waals surface area contributed by atoms with E-state index in [9.17, 15) is 9.90 Å². The normalized spacial score (nSPS) is 11.8. The summed E-state index contributed by atoms with van der Waals surface area (Å²) >= 11 is 11.9. The van der Waals surface area contributed by atoms with Crippen LogP contribution in [-0.4, -0.2) is 26.3 Å². The molecule has 0 bridgehead atoms. The fourth-order valence-corrected chi connectivity index (χ4v) is 3.39. The highest BCUT2D eigenvalue weighted by Crippen LogP contribution is 2.31. The van der Waals surface area contributed by atoms with E-state index in [1.165, 1.54) is 12.1 Å². The molecule has 27 heavy (non-hydrogen) atoms. The molecule has 140 valence electrons. The molecule has 1 aromatic heterocycles. The molecular formula is C19H18Cl2N4O2. The Balaban J connectivity index is 1.85. The van der Waals surface area contributed by atoms with Crippen molar-refractivity contribution >= 4 is 45.9 Å². The quantitative estimate of drug-likeness (QED) is 0.494. The van der Waals surface area contributed by atoms with E-state index in [-0.39, 0.29) is 16.7 Å². The van der Waals surface area contributed by atoms with Crippen molar-refractivity contribution in [2.45, 2.75) is 27.3 Å². The van der Waals surface area contributed by atoms with Gasteiger partial charge in [-0.2, -0.15) is 5.10 Å². The Hall–Kier alpha value is -2.57. The molecule has 3 rings (SSSR count). The van der Waals surface area contributed by atoms with Crippen LogP contribution in [0.25, 0.3) is 11.0 Å². The molecule has 0 radical (unpaired) electrons. The van der Waals surface area contributed by atoms with Gasteiger partial charge < -0.3 is 9.67 Å². The highest BCUT2D eigenvalue weighted by atomic mass is 35.5. The van der Waals surface area contributed by atoms with E-state index in [1.807, 2.05) is 19.9 Å². The number of benzene rings is 2. The van der Waals surface area contributed by atoms with E-state index in [0.717, 1.165) is 23.4 Å². The molecule has 1 amide bonds. The molecule has 0 aliphatic heterocycles. The summed E-state index contributed by atoms with van der Waals surface area (Å²) in [7, 11) is 0. The summed E-state index contributed by atoms with van der Waals surface area (Å²) in [6.45, 7) is 6.42. The van der Waals surface area contributed by atoms with Gasteiger partial charge in [0.05, 0.1) is 21.8 Å². The van der Waals surface area contributed by atoms with Crippen molar-refractivity contribution in [3.63, 3.8) is 0 Å². The van der Waals surface area contributed by atoms with Crippen LogP contribution in [0.5, 0.6) is 5.75 Å². The van der Waals surface area contributed by atoms with Crippen molar-refractivity contribution < 1.29 is 9.90 Å². The first kappa shape index (κ1) is 19.2. The third-order valence-corrected chi connectivity index (χ3v) is 4.77. The highest BCUT2D eigenvalue weighted by Gasteiger charge is 2.13. The van der Waals surface area contributed by atoms with Gasteiger partial charge in [-0.15, -0.1) is 0 Å². The summed E-state index contributed by atoms with van der Waals surface area (Å²) in [5.74, 6) is 0.373. The van der Waals surface area contributed by atoms with Crippen molar-refractivity contribution in [3.05, 3.63) is 57.3 Å². The molecule has 6 nitrogen and oxygen atoms in total. The zero-order valence-electron chi connectivity index (χ0n) is 15.0. The van der Waals surface area contributed by atoms with Gasteiger partial charge in [0, 0.05) is 22.7 Å². The largest absolute Gasteiger partial charge is 0.506 e. The summed E-state index contributed by atoms with van der Waals surface area (Å²) in [4.78, 5) is 16.9. The average Bonchev–Trinajstić information content (AvgIpc) is 2.96. The molecule has 0 fully saturated rings. The fraction of sp³-hybridized carbons (Fsp3) is 0.211. The lowest BCUT2D eigenvalue weighted by molar-refractivity contribution is 0.0955. The number of carbonyl (C=O) groups is 1. The number of nitrogens with one attached hydrogen (secondary N) is 1. The summed E-state index contributed by atoms with van der Waals surface area (Å²) in [6, 6.07) is 8.28. The van der Waals surface area contributed by atoms with Gasteiger partial charge in [0.25, 0.3) is 5.91 Å². The number of aromatic hydroxyl groups is 1. The van der Waals surface area contributed by atoms with Crippen molar-refractivity contribution in [1.82, 2.24) is 15.0 Å². The monoisotopic (exact) mass is 404 g/mol. The number of aromatic nitrogens is 2. The van der Waals surface area contributed by atoms with Crippen LogP contribution in [0.1, 0.15) is 35.6 Å². The summed E-state index contributed by atoms with van der Waals surface area (Å²) in [5, 5.41) is 14.6. The molecule has 3 aromatic rings. The molecule has 0 aliphatic rings. The number of nitrogens with zero attached hydrogens (tertiary/aromatic N) is 3. The molecule has 0 unspecified atom stereocenters. The number of amides is 1. The van der Waals surface area contributed by atoms with Crippen LogP contribution in [0.4, 0.5) is 0 Å². The average molecular weight is 405 g/mol. The van der Waals surface area contributed by atoms with Crippen LogP contribution >= 0.6 is 23.2 Å². The predicted octanol–water partition coefficient (Wildman–Crippen LogP) is 4.53. The van der Waals surface area contributed by atoms with Gasteiger partial charge in [0.2, 0.25) is 0 Å². The first-order valence-electron chi connectivity index (χ1n) is 8.31. The number of fused-ring (bicyclic) bond motifs is 1. The number of imidazole rings is 1. The van der Waals surface area contributed by atoms with E-state index in [2.05, 4.69) is 20.1 Å². The number of halogens is 2. The predicted molar refractivity (Wildman–Crippen MR) is 108 cm³/mol. The maximum atomic E-state index is 12.4. The molecule has 0 saturated carbocycles. The van der Waals surface area contributed by atoms with Crippen molar-refractivity contribution in [1.29, 1.82) is 0 Å². The standard InChI is InChI=1S/C19H18Cl2N4O2/c1-4-25-11(3)22-16-7-12(5-6-17(16)25)19(27)24-23-10(2)14-8-13(20)9-15(21)18(14)26/h5-9,26H,4H2,1-3H3,(H,24,27)/b23-10+. The second-order valence-corrected chi connectivity index (χ2v) is 6.87. The van der Waals surface area contributed by atoms with Gasteiger partial charge in [-0.3, -0.25) is 4.79 Å². The third-order valence-electron chi connectivity index (χ3n) is 4.26. The fourth-order valence-electron chi connectivity index (χ4n) is 2.89. The molecule has 0 atom stereocenters. The van der Waals surface area contributed by atoms with Crippen LogP contribution in [0, 0.1) is 6.92 Å². The Morgan fingerprint density at radius 3 is 2.74 bits per heavy atom. The van der Waals surface area contributed by atoms with Crippen LogP contribution in [0.2, 0.25) is 10.0 Å². The second kappa shape index (κ2) is 7.58. The maximum absolute atomic E-state index is 12.4. The summed E-state index contributed by atoms with van der Waals surface area (Å²) < 4.78 is 2.07. The number of hydrazone groups is 1. The van der Waals surface area contributed by atoms with Crippen LogP contribution in [0.3, 0.4) is 0 Å². The van der Waals surface area contributed by atoms with Gasteiger partial charge in [-0.1, -0.05) is 23.2 Å². The zero-order valence-corrected chi connectivity index (χ0v) is 16.6. The Labute approximate surface area is 166 Å². The Morgan fingerprint density at radius 1 is 1.30 bits per heavy atom. The second-order valence-electron chi connectivity index (χ2n) is 6.03. The number of carbonyl (C=O) groups excluding carboxylic acids is 1. The van der Waals surface area contributed by atoms with Crippen molar-refractivity contribution in [2.75, 3.05) is 0 Å². The SMILES string of the molecule is CCn1c(C)nc2cc(C(=O)N/N=C(\C)c3cc(Cl)cc(Cl)c3O)ccc21. The van der Waals surface area contributed by atoms with E-state index in [1.54, 1.807) is 19.1 Å². The molecular weight excluding hydrogens is 387 g/mol. The van der Waals surface area contributed by atoms with E-state index >= 15 is 0 Å². The first-order chi connectivity index (χ1) is 12.8. The number of rotatable bonds is 4. The van der Waals surface area contributed by atoms with Crippen molar-refractivity contribution in [2.24, 2.45) is 5.10 Å². The van der Waals surface area contributed by atoms with Gasteiger partial charge >= 0.3 is 0 Å². The molecule has 8 heteroatoms. The molecule has 0 saturated heterocycles. The molecule has 2 N–H and O–H groups in total. The maximum Gasteiger partial charge on any atom is 0.271 e. The van der Waals surface area contributed by atoms with E-state index in [4.69, 9.17) is 23.2 Å². The zero-order chi connectivity index (χ0) is 19.7. The number of phenolic OH excluding ortho intramolecular Hbond substituents is 1. The summed E-state index contributed by atoms with van der Waals surface area (Å²) in [6.07, 6.45) is 0. The lowest BCUT2D eigenvalue weighted by Crippen LogP contribution is -2.19. The lowest BCUT2D eigenvalue weighted by atomic mass is 10.1. The van der Waals surface area contributed by atoms with Crippen molar-refractivity contribution in [3.8, 4) is 5.75 Å². The first-order valence-corrected chi connectivity index (χ1v) is 9.07. The molecule has 0 spiro atoms.